The van der Waals surface area contributed by atoms with Crippen molar-refractivity contribution >= 4 is 40.4 Å². The number of amides is 1. The molecule has 0 saturated heterocycles. The Morgan fingerprint density at radius 1 is 1.00 bits per heavy atom. The fourth-order valence-corrected chi connectivity index (χ4v) is 3.45. The second-order valence-electron chi connectivity index (χ2n) is 6.03. The lowest BCUT2D eigenvalue weighted by atomic mass is 10.1. The van der Waals surface area contributed by atoms with E-state index in [9.17, 15) is 4.79 Å². The fraction of sp³-hybridized carbons (Fsp3) is 0.0476. The van der Waals surface area contributed by atoms with E-state index in [1.807, 2.05) is 59.1 Å². The van der Waals surface area contributed by atoms with E-state index in [1.54, 1.807) is 29.3 Å². The summed E-state index contributed by atoms with van der Waals surface area (Å²) in [6, 6.07) is 20.2. The Hall–Kier alpha value is -2.82. The lowest BCUT2D eigenvalue weighted by Crippen LogP contribution is -2.31. The molecule has 0 atom stereocenters. The smallest absolute Gasteiger partial charge is 0.260 e. The second-order valence-corrected chi connectivity index (χ2v) is 6.87. The van der Waals surface area contributed by atoms with Gasteiger partial charge < -0.3 is 9.30 Å². The molecule has 4 nitrogen and oxygen atoms in total. The highest BCUT2D eigenvalue weighted by Gasteiger charge is 2.22. The van der Waals surface area contributed by atoms with Crippen molar-refractivity contribution in [1.82, 2.24) is 9.38 Å². The molecule has 0 N–H and O–H groups in total. The third kappa shape index (κ3) is 3.54. The largest absolute Gasteiger partial charge is 0.302 e. The molecule has 0 aliphatic rings. The molecular weight excluding hydrogens is 381 g/mol. The maximum atomic E-state index is 13.3. The number of nitrogens with zero attached hydrogens (tertiary/aromatic N) is 3. The minimum Gasteiger partial charge on any atom is -0.302 e. The summed E-state index contributed by atoms with van der Waals surface area (Å²) in [4.78, 5) is 19.4. The van der Waals surface area contributed by atoms with Gasteiger partial charge in [0.2, 0.25) is 0 Å². The number of fused-ring (bicyclic) bond motifs is 1. The van der Waals surface area contributed by atoms with Crippen LogP contribution in [-0.2, 0) is 6.54 Å². The Kier molecular flexibility index (Phi) is 4.84. The van der Waals surface area contributed by atoms with E-state index >= 15 is 0 Å². The number of anilines is 1. The van der Waals surface area contributed by atoms with Crippen molar-refractivity contribution in [3.05, 3.63) is 100 Å². The summed E-state index contributed by atoms with van der Waals surface area (Å²) >= 11 is 12.3. The van der Waals surface area contributed by atoms with E-state index in [2.05, 4.69) is 4.98 Å². The fourth-order valence-electron chi connectivity index (χ4n) is 2.96. The van der Waals surface area contributed by atoms with E-state index in [0.717, 1.165) is 17.0 Å². The van der Waals surface area contributed by atoms with Crippen LogP contribution in [0.15, 0.2) is 79.1 Å². The second kappa shape index (κ2) is 7.43. The summed E-state index contributed by atoms with van der Waals surface area (Å²) in [6.45, 7) is 0.354. The number of imidazole rings is 1. The van der Waals surface area contributed by atoms with Crippen LogP contribution in [0.2, 0.25) is 10.0 Å². The molecular formula is C21H15Cl2N3O. The highest BCUT2D eigenvalue weighted by Crippen LogP contribution is 2.26. The molecule has 0 spiro atoms. The zero-order valence-electron chi connectivity index (χ0n) is 14.2. The first-order valence-corrected chi connectivity index (χ1v) is 9.12. The number of para-hydroxylation sites is 1. The molecule has 4 aromatic rings. The molecule has 27 heavy (non-hydrogen) atoms. The van der Waals surface area contributed by atoms with E-state index in [1.165, 1.54) is 0 Å². The molecule has 0 aliphatic carbocycles. The number of benzene rings is 2. The van der Waals surface area contributed by atoms with Crippen molar-refractivity contribution in [2.75, 3.05) is 4.90 Å². The molecule has 1 amide bonds. The van der Waals surface area contributed by atoms with Crippen LogP contribution in [0.4, 0.5) is 5.69 Å². The highest BCUT2D eigenvalue weighted by molar-refractivity contribution is 6.37. The number of halogens is 2. The molecule has 134 valence electrons. The molecule has 0 fully saturated rings. The number of hydrogen-bond acceptors (Lipinski definition) is 2. The number of rotatable bonds is 4. The van der Waals surface area contributed by atoms with Crippen molar-refractivity contribution in [3.63, 3.8) is 0 Å². The summed E-state index contributed by atoms with van der Waals surface area (Å²) in [5.41, 5.74) is 2.91. The van der Waals surface area contributed by atoms with Crippen molar-refractivity contribution in [2.24, 2.45) is 0 Å². The Labute approximate surface area is 166 Å². The standard InChI is InChI=1S/C21H15Cl2N3O/c22-15-9-10-18(19(23)12-15)21(27)26(16-6-2-1-3-7-16)14-17-13-24-20-8-4-5-11-25(17)20/h1-13H,14H2. The Morgan fingerprint density at radius 2 is 1.78 bits per heavy atom. The van der Waals surface area contributed by atoms with Crippen LogP contribution in [0.25, 0.3) is 5.65 Å². The Balaban J connectivity index is 1.76. The molecule has 2 aromatic carbocycles. The van der Waals surface area contributed by atoms with Gasteiger partial charge in [-0.25, -0.2) is 4.98 Å². The quantitative estimate of drug-likeness (QED) is 0.458. The summed E-state index contributed by atoms with van der Waals surface area (Å²) in [5, 5.41) is 0.816. The summed E-state index contributed by atoms with van der Waals surface area (Å²) in [7, 11) is 0. The predicted molar refractivity (Wildman–Crippen MR) is 109 cm³/mol. The lowest BCUT2D eigenvalue weighted by Gasteiger charge is -2.23. The topological polar surface area (TPSA) is 37.6 Å². The zero-order valence-corrected chi connectivity index (χ0v) is 15.7. The van der Waals surface area contributed by atoms with Crippen molar-refractivity contribution in [1.29, 1.82) is 0 Å². The summed E-state index contributed by atoms with van der Waals surface area (Å²) in [5.74, 6) is -0.200. The van der Waals surface area contributed by atoms with Crippen molar-refractivity contribution in [3.8, 4) is 0 Å². The molecule has 0 unspecified atom stereocenters. The average Bonchev–Trinajstić information content (AvgIpc) is 3.09. The molecule has 0 bridgehead atoms. The number of aromatic nitrogens is 2. The van der Waals surface area contributed by atoms with E-state index in [0.29, 0.717) is 22.2 Å². The third-order valence-corrected chi connectivity index (χ3v) is 4.84. The van der Waals surface area contributed by atoms with Gasteiger partial charge in [0.25, 0.3) is 5.91 Å². The van der Waals surface area contributed by atoms with Crippen molar-refractivity contribution in [2.45, 2.75) is 6.54 Å². The first-order valence-electron chi connectivity index (χ1n) is 8.36. The first-order chi connectivity index (χ1) is 13.1. The molecule has 0 radical (unpaired) electrons. The minimum atomic E-state index is -0.200. The van der Waals surface area contributed by atoms with Gasteiger partial charge >= 0.3 is 0 Å². The van der Waals surface area contributed by atoms with Crippen LogP contribution in [0.1, 0.15) is 16.1 Å². The van der Waals surface area contributed by atoms with Crippen LogP contribution in [0, 0.1) is 0 Å². The zero-order chi connectivity index (χ0) is 18.8. The summed E-state index contributed by atoms with van der Waals surface area (Å²) in [6.07, 6.45) is 3.71. The Morgan fingerprint density at radius 3 is 2.56 bits per heavy atom. The van der Waals surface area contributed by atoms with E-state index in [4.69, 9.17) is 23.2 Å². The number of pyridine rings is 1. The molecule has 0 saturated carbocycles. The molecule has 6 heteroatoms. The predicted octanol–water partition coefficient (Wildman–Crippen LogP) is 5.49. The Bertz CT molecular complexity index is 1110. The third-order valence-electron chi connectivity index (χ3n) is 4.29. The van der Waals surface area contributed by atoms with Gasteiger partial charge in [0, 0.05) is 16.9 Å². The maximum absolute atomic E-state index is 13.3. The normalized spacial score (nSPS) is 10.9. The van der Waals surface area contributed by atoms with Gasteiger partial charge in [-0.15, -0.1) is 0 Å². The molecule has 2 aromatic heterocycles. The van der Waals surface area contributed by atoms with Crippen LogP contribution in [0.3, 0.4) is 0 Å². The number of carbonyl (C=O) groups excluding carboxylic acids is 1. The SMILES string of the molecule is O=C(c1ccc(Cl)cc1Cl)N(Cc1cnc2ccccn12)c1ccccc1. The highest BCUT2D eigenvalue weighted by atomic mass is 35.5. The first kappa shape index (κ1) is 17.6. The van der Waals surface area contributed by atoms with Gasteiger partial charge in [-0.2, -0.15) is 0 Å². The van der Waals surface area contributed by atoms with Gasteiger partial charge in [0.15, 0.2) is 0 Å². The molecule has 0 aliphatic heterocycles. The summed E-state index contributed by atoms with van der Waals surface area (Å²) < 4.78 is 1.96. The van der Waals surface area contributed by atoms with Crippen LogP contribution in [-0.4, -0.2) is 15.3 Å². The number of hydrogen-bond donors (Lipinski definition) is 0. The minimum absolute atomic E-state index is 0.200. The van der Waals surface area contributed by atoms with Crippen LogP contribution < -0.4 is 4.90 Å². The van der Waals surface area contributed by atoms with Gasteiger partial charge in [0.05, 0.1) is 29.0 Å². The number of carbonyl (C=O) groups is 1. The maximum Gasteiger partial charge on any atom is 0.260 e. The van der Waals surface area contributed by atoms with Gasteiger partial charge in [0.1, 0.15) is 5.65 Å². The van der Waals surface area contributed by atoms with Gasteiger partial charge in [-0.05, 0) is 42.5 Å². The van der Waals surface area contributed by atoms with Gasteiger partial charge in [-0.3, -0.25) is 4.79 Å². The van der Waals surface area contributed by atoms with Crippen LogP contribution >= 0.6 is 23.2 Å². The van der Waals surface area contributed by atoms with Crippen molar-refractivity contribution < 1.29 is 4.79 Å². The molecule has 2 heterocycles. The van der Waals surface area contributed by atoms with E-state index < -0.39 is 0 Å². The van der Waals surface area contributed by atoms with Gasteiger partial charge in [-0.1, -0.05) is 47.5 Å². The average molecular weight is 396 g/mol. The van der Waals surface area contributed by atoms with E-state index in [-0.39, 0.29) is 5.91 Å². The lowest BCUT2D eigenvalue weighted by molar-refractivity contribution is 0.0985. The van der Waals surface area contributed by atoms with Crippen LogP contribution in [0.5, 0.6) is 0 Å². The monoisotopic (exact) mass is 395 g/mol. The molecule has 4 rings (SSSR count).